The molecular weight excluding hydrogens is 268 g/mol. The molecule has 0 aromatic heterocycles. The van der Waals surface area contributed by atoms with Gasteiger partial charge in [-0.15, -0.1) is 0 Å². The molecule has 0 radical (unpaired) electrons. The lowest BCUT2D eigenvalue weighted by Crippen LogP contribution is -2.42. The van der Waals surface area contributed by atoms with Crippen LogP contribution in [0.25, 0.3) is 0 Å². The van der Waals surface area contributed by atoms with Crippen molar-refractivity contribution in [3.05, 3.63) is 0 Å². The van der Waals surface area contributed by atoms with Crippen LogP contribution in [-0.4, -0.2) is 46.0 Å². The van der Waals surface area contributed by atoms with Gasteiger partial charge >= 0.3 is 5.97 Å². The maximum absolute atomic E-state index is 11.5. The van der Waals surface area contributed by atoms with Gasteiger partial charge in [0.05, 0.1) is 5.75 Å². The number of aliphatic carboxylic acids is 1. The Labute approximate surface area is 117 Å². The van der Waals surface area contributed by atoms with Crippen LogP contribution in [0.2, 0.25) is 0 Å². The Morgan fingerprint density at radius 3 is 2.26 bits per heavy atom. The lowest BCUT2D eigenvalue weighted by molar-refractivity contribution is -0.141. The van der Waals surface area contributed by atoms with E-state index in [9.17, 15) is 14.4 Å². The minimum Gasteiger partial charge on any atom is -0.480 e. The van der Waals surface area contributed by atoms with Crippen LogP contribution in [0.3, 0.4) is 0 Å². The molecule has 0 aromatic carbocycles. The van der Waals surface area contributed by atoms with E-state index in [0.717, 1.165) is 0 Å². The highest BCUT2D eigenvalue weighted by Crippen LogP contribution is 2.07. The molecule has 19 heavy (non-hydrogen) atoms. The van der Waals surface area contributed by atoms with Crippen LogP contribution in [0.5, 0.6) is 0 Å². The third kappa shape index (κ3) is 10.4. The summed E-state index contributed by atoms with van der Waals surface area (Å²) in [7, 11) is 0. The molecule has 0 saturated heterocycles. The van der Waals surface area contributed by atoms with Gasteiger partial charge in [0.25, 0.3) is 0 Å². The third-order valence-electron chi connectivity index (χ3n) is 1.97. The summed E-state index contributed by atoms with van der Waals surface area (Å²) in [5, 5.41) is 14.0. The normalized spacial score (nSPS) is 12.6. The topological polar surface area (TPSA) is 95.5 Å². The Bertz CT molecular complexity index is 339. The van der Waals surface area contributed by atoms with Gasteiger partial charge in [-0.2, -0.15) is 11.8 Å². The predicted molar refractivity (Wildman–Crippen MR) is 75.1 cm³/mol. The van der Waals surface area contributed by atoms with Gasteiger partial charge in [-0.1, -0.05) is 0 Å². The summed E-state index contributed by atoms with van der Waals surface area (Å²) < 4.78 is 0. The molecule has 0 fully saturated rings. The number of carboxylic acid groups (broad SMARTS) is 1. The summed E-state index contributed by atoms with van der Waals surface area (Å²) in [5.74, 6) is -0.736. The molecule has 110 valence electrons. The zero-order chi connectivity index (χ0) is 15.1. The Balaban J connectivity index is 3.92. The number of hydrogen-bond acceptors (Lipinski definition) is 4. The molecule has 1 atom stereocenters. The molecule has 0 aliphatic carbocycles. The van der Waals surface area contributed by atoms with Gasteiger partial charge < -0.3 is 15.7 Å². The van der Waals surface area contributed by atoms with Gasteiger partial charge in [0.1, 0.15) is 6.04 Å². The van der Waals surface area contributed by atoms with Gasteiger partial charge in [-0.05, 0) is 32.9 Å². The highest BCUT2D eigenvalue weighted by molar-refractivity contribution is 7.99. The first-order chi connectivity index (χ1) is 8.61. The van der Waals surface area contributed by atoms with Crippen molar-refractivity contribution >= 4 is 29.5 Å². The fourth-order valence-corrected chi connectivity index (χ4v) is 2.13. The number of thioether (sulfide) groups is 1. The molecule has 2 amide bonds. The Morgan fingerprint density at radius 1 is 1.26 bits per heavy atom. The van der Waals surface area contributed by atoms with Crippen molar-refractivity contribution in [1.82, 2.24) is 10.6 Å². The number of carboxylic acids is 1. The van der Waals surface area contributed by atoms with Crippen LogP contribution in [-0.2, 0) is 14.4 Å². The summed E-state index contributed by atoms with van der Waals surface area (Å²) in [6.07, 6.45) is 0.294. The molecule has 7 heteroatoms. The molecule has 1 unspecified atom stereocenters. The molecule has 6 nitrogen and oxygen atoms in total. The highest BCUT2D eigenvalue weighted by Gasteiger charge is 2.18. The Morgan fingerprint density at radius 2 is 1.84 bits per heavy atom. The molecule has 0 aromatic rings. The largest absolute Gasteiger partial charge is 0.480 e. The fraction of sp³-hybridized carbons (Fsp3) is 0.750. The van der Waals surface area contributed by atoms with Crippen molar-refractivity contribution in [2.75, 3.05) is 11.5 Å². The molecular formula is C12H22N2O4S. The van der Waals surface area contributed by atoms with Crippen molar-refractivity contribution in [1.29, 1.82) is 0 Å². The van der Waals surface area contributed by atoms with Gasteiger partial charge in [0, 0.05) is 12.5 Å². The summed E-state index contributed by atoms with van der Waals surface area (Å²) in [5.41, 5.74) is -0.266. The fourth-order valence-electron chi connectivity index (χ4n) is 1.32. The van der Waals surface area contributed by atoms with E-state index in [2.05, 4.69) is 10.6 Å². The lowest BCUT2D eigenvalue weighted by atomic mass is 10.1. The van der Waals surface area contributed by atoms with Gasteiger partial charge in [0.15, 0.2) is 0 Å². The first kappa shape index (κ1) is 17.8. The van der Waals surface area contributed by atoms with Crippen molar-refractivity contribution in [2.45, 2.75) is 45.7 Å². The molecule has 0 spiro atoms. The van der Waals surface area contributed by atoms with E-state index in [-0.39, 0.29) is 23.1 Å². The number of carbonyl (C=O) groups excluding carboxylic acids is 2. The SMILES string of the molecule is CC(=O)NC(CCSCC(=O)NC(C)(C)C)C(=O)O. The van der Waals surface area contributed by atoms with Crippen LogP contribution in [0.4, 0.5) is 0 Å². The number of hydrogen-bond donors (Lipinski definition) is 3. The second kappa shape index (κ2) is 8.04. The van der Waals surface area contributed by atoms with Gasteiger partial charge in [-0.25, -0.2) is 4.79 Å². The van der Waals surface area contributed by atoms with Crippen molar-refractivity contribution in [3.8, 4) is 0 Å². The van der Waals surface area contributed by atoms with E-state index < -0.39 is 12.0 Å². The van der Waals surface area contributed by atoms with Crippen LogP contribution >= 0.6 is 11.8 Å². The molecule has 0 aliphatic heterocycles. The standard InChI is InChI=1S/C12H22N2O4S/c1-8(15)13-9(11(17)18)5-6-19-7-10(16)14-12(2,3)4/h9H,5-7H2,1-4H3,(H,13,15)(H,14,16)(H,17,18). The summed E-state index contributed by atoms with van der Waals surface area (Å²) >= 11 is 1.35. The number of nitrogens with one attached hydrogen (secondary N) is 2. The van der Waals surface area contributed by atoms with Crippen LogP contribution < -0.4 is 10.6 Å². The molecule has 0 heterocycles. The predicted octanol–water partition coefficient (Wildman–Crippen LogP) is 0.614. The van der Waals surface area contributed by atoms with Gasteiger partial charge in [-0.3, -0.25) is 9.59 Å². The summed E-state index contributed by atoms with van der Waals surface area (Å²) in [6.45, 7) is 6.96. The van der Waals surface area contributed by atoms with Crippen LogP contribution in [0.15, 0.2) is 0 Å². The number of carbonyl (C=O) groups is 3. The summed E-state index contributed by atoms with van der Waals surface area (Å²) in [4.78, 5) is 33.2. The maximum atomic E-state index is 11.5. The number of rotatable bonds is 7. The second-order valence-electron chi connectivity index (χ2n) is 5.23. The molecule has 3 N–H and O–H groups in total. The molecule has 0 rings (SSSR count). The van der Waals surface area contributed by atoms with Crippen LogP contribution in [0.1, 0.15) is 34.1 Å². The lowest BCUT2D eigenvalue weighted by Gasteiger charge is -2.20. The smallest absolute Gasteiger partial charge is 0.326 e. The van der Waals surface area contributed by atoms with Crippen molar-refractivity contribution in [3.63, 3.8) is 0 Å². The first-order valence-electron chi connectivity index (χ1n) is 6.00. The van der Waals surface area contributed by atoms with E-state index in [1.54, 1.807) is 0 Å². The van der Waals surface area contributed by atoms with E-state index in [1.807, 2.05) is 20.8 Å². The van der Waals surface area contributed by atoms with Crippen LogP contribution in [0, 0.1) is 0 Å². The first-order valence-corrected chi connectivity index (χ1v) is 7.16. The zero-order valence-electron chi connectivity index (χ0n) is 11.8. The van der Waals surface area contributed by atoms with Crippen molar-refractivity contribution < 1.29 is 19.5 Å². The minimum atomic E-state index is -1.06. The van der Waals surface area contributed by atoms with Gasteiger partial charge in [0.2, 0.25) is 11.8 Å². The monoisotopic (exact) mass is 290 g/mol. The third-order valence-corrected chi connectivity index (χ3v) is 2.96. The minimum absolute atomic E-state index is 0.0797. The highest BCUT2D eigenvalue weighted by atomic mass is 32.2. The van der Waals surface area contributed by atoms with E-state index >= 15 is 0 Å². The molecule has 0 aliphatic rings. The molecule has 0 bridgehead atoms. The zero-order valence-corrected chi connectivity index (χ0v) is 12.6. The summed E-state index contributed by atoms with van der Waals surface area (Å²) in [6, 6.07) is -0.893. The average molecular weight is 290 g/mol. The number of amides is 2. The second-order valence-corrected chi connectivity index (χ2v) is 6.34. The average Bonchev–Trinajstić information content (AvgIpc) is 2.19. The maximum Gasteiger partial charge on any atom is 0.326 e. The van der Waals surface area contributed by atoms with E-state index in [0.29, 0.717) is 12.2 Å². The van der Waals surface area contributed by atoms with E-state index in [1.165, 1.54) is 18.7 Å². The molecule has 0 saturated carbocycles. The quantitative estimate of drug-likeness (QED) is 0.597. The Hall–Kier alpha value is -1.24. The van der Waals surface area contributed by atoms with E-state index in [4.69, 9.17) is 5.11 Å². The van der Waals surface area contributed by atoms with Crippen molar-refractivity contribution in [2.24, 2.45) is 0 Å². The Kier molecular flexibility index (Phi) is 7.51.